The first-order chi connectivity index (χ1) is 24.8. The molecule has 50 heavy (non-hydrogen) atoms. The van der Waals surface area contributed by atoms with Crippen molar-refractivity contribution >= 4 is 21.5 Å². The zero-order valence-electron chi connectivity index (χ0n) is 27.5. The van der Waals surface area contributed by atoms with Gasteiger partial charge in [0.2, 0.25) is 0 Å². The first kappa shape index (κ1) is 29.6. The summed E-state index contributed by atoms with van der Waals surface area (Å²) in [5.41, 5.74) is 13.7. The van der Waals surface area contributed by atoms with Crippen molar-refractivity contribution in [1.29, 1.82) is 0 Å². The molecule has 0 fully saturated rings. The molecule has 8 aromatic carbocycles. The third-order valence-corrected chi connectivity index (χ3v) is 9.64. The molecule has 1 heterocycles. The second-order valence-corrected chi connectivity index (χ2v) is 12.7. The van der Waals surface area contributed by atoms with Crippen LogP contribution in [-0.4, -0.2) is 4.98 Å². The van der Waals surface area contributed by atoms with Crippen LogP contribution in [0.15, 0.2) is 200 Å². The molecule has 0 N–H and O–H groups in total. The smallest absolute Gasteiger partial charge is 0.0715 e. The molecular formula is C49H33N. The monoisotopic (exact) mass is 635 g/mol. The molecule has 0 aliphatic carbocycles. The fraction of sp³-hybridized carbons (Fsp3) is 0. The molecule has 0 saturated heterocycles. The van der Waals surface area contributed by atoms with Crippen molar-refractivity contribution in [3.8, 4) is 67.0 Å². The summed E-state index contributed by atoms with van der Waals surface area (Å²) < 4.78 is 0. The molecule has 1 nitrogen and oxygen atoms in total. The lowest BCUT2D eigenvalue weighted by Crippen LogP contribution is -1.92. The first-order valence-corrected chi connectivity index (χ1v) is 17.1. The average molecular weight is 636 g/mol. The van der Waals surface area contributed by atoms with E-state index in [0.717, 1.165) is 33.6 Å². The Bertz CT molecular complexity index is 2550. The van der Waals surface area contributed by atoms with Crippen molar-refractivity contribution in [3.05, 3.63) is 200 Å². The van der Waals surface area contributed by atoms with Crippen LogP contribution in [0, 0.1) is 0 Å². The minimum atomic E-state index is 0.954. The van der Waals surface area contributed by atoms with Gasteiger partial charge in [0.15, 0.2) is 0 Å². The lowest BCUT2D eigenvalue weighted by molar-refractivity contribution is 1.32. The number of pyridine rings is 1. The van der Waals surface area contributed by atoms with Crippen molar-refractivity contribution in [1.82, 2.24) is 4.98 Å². The number of nitrogens with zero attached hydrogens (tertiary/aromatic N) is 1. The van der Waals surface area contributed by atoms with E-state index in [-0.39, 0.29) is 0 Å². The predicted octanol–water partition coefficient (Wildman–Crippen LogP) is 13.4. The third kappa shape index (κ3) is 5.45. The number of aromatic nitrogens is 1. The highest BCUT2D eigenvalue weighted by atomic mass is 14.7. The Morgan fingerprint density at radius 2 is 0.640 bits per heavy atom. The highest BCUT2D eigenvalue weighted by Crippen LogP contribution is 2.45. The maximum Gasteiger partial charge on any atom is 0.0715 e. The molecule has 0 amide bonds. The molecule has 0 radical (unpaired) electrons. The van der Waals surface area contributed by atoms with Crippen molar-refractivity contribution in [3.63, 3.8) is 0 Å². The molecule has 1 aromatic heterocycles. The van der Waals surface area contributed by atoms with E-state index in [0.29, 0.717) is 0 Å². The van der Waals surface area contributed by atoms with Gasteiger partial charge in [0, 0.05) is 11.1 Å². The van der Waals surface area contributed by atoms with Crippen LogP contribution in [0.2, 0.25) is 0 Å². The first-order valence-electron chi connectivity index (χ1n) is 17.1. The van der Waals surface area contributed by atoms with Crippen LogP contribution in [-0.2, 0) is 0 Å². The molecule has 0 atom stereocenters. The molecule has 0 bridgehead atoms. The largest absolute Gasteiger partial charge is 0.248 e. The molecule has 0 spiro atoms. The van der Waals surface area contributed by atoms with Gasteiger partial charge in [-0.25, -0.2) is 4.98 Å². The summed E-state index contributed by atoms with van der Waals surface area (Å²) in [6, 6.07) is 71.7. The van der Waals surface area contributed by atoms with Crippen LogP contribution in [0.5, 0.6) is 0 Å². The van der Waals surface area contributed by atoms with Gasteiger partial charge in [0.05, 0.1) is 11.4 Å². The second kappa shape index (κ2) is 12.8. The van der Waals surface area contributed by atoms with Gasteiger partial charge in [-0.3, -0.25) is 0 Å². The number of hydrogen-bond acceptors (Lipinski definition) is 1. The molecule has 0 aliphatic rings. The van der Waals surface area contributed by atoms with Crippen LogP contribution in [0.3, 0.4) is 0 Å². The maximum atomic E-state index is 5.22. The Morgan fingerprint density at radius 1 is 0.220 bits per heavy atom. The molecule has 0 aliphatic heterocycles. The molecule has 9 rings (SSSR count). The Labute approximate surface area is 292 Å². The Morgan fingerprint density at radius 3 is 1.24 bits per heavy atom. The number of hydrogen-bond donors (Lipinski definition) is 0. The van der Waals surface area contributed by atoms with Crippen LogP contribution in [0.25, 0.3) is 88.6 Å². The minimum Gasteiger partial charge on any atom is -0.248 e. The average Bonchev–Trinajstić information content (AvgIpc) is 3.21. The van der Waals surface area contributed by atoms with Crippen LogP contribution >= 0.6 is 0 Å². The molecule has 0 saturated carbocycles. The zero-order valence-corrected chi connectivity index (χ0v) is 27.5. The van der Waals surface area contributed by atoms with E-state index in [1.807, 2.05) is 6.07 Å². The lowest BCUT2D eigenvalue weighted by atomic mass is 9.85. The van der Waals surface area contributed by atoms with Crippen LogP contribution in [0.4, 0.5) is 0 Å². The van der Waals surface area contributed by atoms with Crippen LogP contribution in [0.1, 0.15) is 0 Å². The Hall–Kier alpha value is -6.57. The molecule has 234 valence electrons. The van der Waals surface area contributed by atoms with Crippen LogP contribution < -0.4 is 0 Å². The maximum absolute atomic E-state index is 5.22. The van der Waals surface area contributed by atoms with Gasteiger partial charge < -0.3 is 0 Å². The summed E-state index contributed by atoms with van der Waals surface area (Å²) >= 11 is 0. The van der Waals surface area contributed by atoms with Gasteiger partial charge in [-0.2, -0.15) is 0 Å². The minimum absolute atomic E-state index is 0.954. The van der Waals surface area contributed by atoms with Gasteiger partial charge in [-0.05, 0) is 90.3 Å². The van der Waals surface area contributed by atoms with Gasteiger partial charge >= 0.3 is 0 Å². The molecule has 9 aromatic rings. The van der Waals surface area contributed by atoms with Gasteiger partial charge in [0.25, 0.3) is 0 Å². The molecule has 0 unspecified atom stereocenters. The van der Waals surface area contributed by atoms with Crippen molar-refractivity contribution < 1.29 is 0 Å². The highest BCUT2D eigenvalue weighted by Gasteiger charge is 2.18. The van der Waals surface area contributed by atoms with Gasteiger partial charge in [-0.15, -0.1) is 0 Å². The van der Waals surface area contributed by atoms with Gasteiger partial charge in [-0.1, -0.05) is 176 Å². The number of rotatable bonds is 6. The molecular weight excluding hydrogens is 603 g/mol. The number of fused-ring (bicyclic) bond motifs is 2. The fourth-order valence-electron chi connectivity index (χ4n) is 7.28. The fourth-order valence-corrected chi connectivity index (χ4v) is 7.28. The lowest BCUT2D eigenvalue weighted by Gasteiger charge is -2.19. The van der Waals surface area contributed by atoms with Crippen molar-refractivity contribution in [2.75, 3.05) is 0 Å². The van der Waals surface area contributed by atoms with E-state index in [2.05, 4.69) is 194 Å². The summed E-state index contributed by atoms with van der Waals surface area (Å²) in [7, 11) is 0. The standard InChI is InChI=1S/C49H33N/c1-5-16-34(17-6-1)41-32-46(35-18-7-2-8-19-35)50-47(33-41)40-25-15-24-38(30-40)39-28-29-44-45(31-39)49(37-22-11-4-12-23-37)43-27-14-13-26-42(43)48(44)36-20-9-3-10-21-36/h1-33H. The highest BCUT2D eigenvalue weighted by molar-refractivity contribution is 6.22. The second-order valence-electron chi connectivity index (χ2n) is 12.7. The summed E-state index contributed by atoms with van der Waals surface area (Å²) in [6.07, 6.45) is 0. The Balaban J connectivity index is 1.25. The van der Waals surface area contributed by atoms with E-state index in [1.54, 1.807) is 0 Å². The van der Waals surface area contributed by atoms with E-state index in [9.17, 15) is 0 Å². The van der Waals surface area contributed by atoms with E-state index < -0.39 is 0 Å². The van der Waals surface area contributed by atoms with Crippen molar-refractivity contribution in [2.45, 2.75) is 0 Å². The SMILES string of the molecule is c1ccc(-c2cc(-c3ccccc3)nc(-c3cccc(-c4ccc5c(-c6ccccc6)c6ccccc6c(-c6ccccc6)c5c4)c3)c2)cc1. The zero-order chi connectivity index (χ0) is 33.3. The van der Waals surface area contributed by atoms with E-state index >= 15 is 0 Å². The third-order valence-electron chi connectivity index (χ3n) is 9.64. The topological polar surface area (TPSA) is 12.9 Å². The quantitative estimate of drug-likeness (QED) is 0.166. The summed E-state index contributed by atoms with van der Waals surface area (Å²) in [5.74, 6) is 0. The predicted molar refractivity (Wildman–Crippen MR) is 212 cm³/mol. The van der Waals surface area contributed by atoms with E-state index in [1.165, 1.54) is 54.9 Å². The van der Waals surface area contributed by atoms with E-state index in [4.69, 9.17) is 4.98 Å². The summed E-state index contributed by atoms with van der Waals surface area (Å²) in [6.45, 7) is 0. The van der Waals surface area contributed by atoms with Crippen molar-refractivity contribution in [2.24, 2.45) is 0 Å². The summed E-state index contributed by atoms with van der Waals surface area (Å²) in [4.78, 5) is 5.22. The van der Waals surface area contributed by atoms with Gasteiger partial charge in [0.1, 0.15) is 0 Å². The Kier molecular flexibility index (Phi) is 7.57. The summed E-state index contributed by atoms with van der Waals surface area (Å²) in [5, 5.41) is 5.01. The molecule has 1 heteroatoms. The number of benzene rings is 8. The normalized spacial score (nSPS) is 11.2.